The summed E-state index contributed by atoms with van der Waals surface area (Å²) in [6, 6.07) is 7.68. The highest BCUT2D eigenvalue weighted by atomic mass is 15.2. The molecule has 0 unspecified atom stereocenters. The van der Waals surface area contributed by atoms with Crippen molar-refractivity contribution in [2.45, 2.75) is 51.2 Å². The lowest BCUT2D eigenvalue weighted by Crippen LogP contribution is -2.24. The van der Waals surface area contributed by atoms with Crippen LogP contribution in [0.4, 0.5) is 0 Å². The third-order valence-electron chi connectivity index (χ3n) is 4.54. The van der Waals surface area contributed by atoms with Gasteiger partial charge in [-0.15, -0.1) is 0 Å². The second-order valence-electron chi connectivity index (χ2n) is 5.97. The minimum Gasteiger partial charge on any atom is -0.330 e. The molecule has 1 fully saturated rings. The van der Waals surface area contributed by atoms with Crippen molar-refractivity contribution < 1.29 is 0 Å². The summed E-state index contributed by atoms with van der Waals surface area (Å²) >= 11 is 0. The third kappa shape index (κ3) is 1.80. The molecule has 0 spiro atoms. The summed E-state index contributed by atoms with van der Waals surface area (Å²) in [6.07, 6.45) is 2.55. The van der Waals surface area contributed by atoms with Crippen molar-refractivity contribution in [2.75, 3.05) is 6.54 Å². The van der Waals surface area contributed by atoms with E-state index in [1.807, 2.05) is 0 Å². The molecule has 3 rings (SSSR count). The van der Waals surface area contributed by atoms with Gasteiger partial charge in [-0.25, -0.2) is 0 Å². The van der Waals surface area contributed by atoms with Gasteiger partial charge in [-0.1, -0.05) is 18.2 Å². The fourth-order valence-electron chi connectivity index (χ4n) is 2.88. The largest absolute Gasteiger partial charge is 0.330 e. The van der Waals surface area contributed by atoms with Crippen LogP contribution in [-0.4, -0.2) is 17.5 Å². The maximum absolute atomic E-state index is 5.91. The molecule has 1 aliphatic carbocycles. The number of rotatable bonds is 3. The van der Waals surface area contributed by atoms with Gasteiger partial charge in [0.1, 0.15) is 0 Å². The molecule has 2 N–H and O–H groups in total. The zero-order valence-electron chi connectivity index (χ0n) is 10.9. The van der Waals surface area contributed by atoms with Crippen molar-refractivity contribution in [3.05, 3.63) is 34.9 Å². The molecular formula is C15H22N2. The van der Waals surface area contributed by atoms with E-state index in [1.165, 1.54) is 29.5 Å². The maximum atomic E-state index is 5.91. The Morgan fingerprint density at radius 2 is 1.94 bits per heavy atom. The summed E-state index contributed by atoms with van der Waals surface area (Å²) in [6.45, 7) is 7.58. The lowest BCUT2D eigenvalue weighted by Gasteiger charge is -2.19. The molecule has 2 nitrogen and oxygen atoms in total. The van der Waals surface area contributed by atoms with Crippen LogP contribution in [0.2, 0.25) is 0 Å². The highest BCUT2D eigenvalue weighted by Crippen LogP contribution is 2.47. The Kier molecular flexibility index (Phi) is 2.53. The molecule has 17 heavy (non-hydrogen) atoms. The van der Waals surface area contributed by atoms with E-state index in [0.717, 1.165) is 19.6 Å². The van der Waals surface area contributed by atoms with E-state index in [4.69, 9.17) is 5.73 Å². The van der Waals surface area contributed by atoms with E-state index in [2.05, 4.69) is 36.9 Å². The van der Waals surface area contributed by atoms with Gasteiger partial charge in [0, 0.05) is 31.1 Å². The lowest BCUT2D eigenvalue weighted by atomic mass is 9.93. The van der Waals surface area contributed by atoms with Gasteiger partial charge >= 0.3 is 0 Å². The SMILES string of the molecule is CC(C)N1Cc2ccc(C3(CN)CC3)cc2C1. The predicted octanol–water partition coefficient (Wildman–Crippen LogP) is 2.40. The van der Waals surface area contributed by atoms with Crippen LogP contribution < -0.4 is 5.73 Å². The zero-order chi connectivity index (χ0) is 12.0. The fraction of sp³-hybridized carbons (Fsp3) is 0.600. The van der Waals surface area contributed by atoms with Crippen LogP contribution in [0.5, 0.6) is 0 Å². The van der Waals surface area contributed by atoms with Gasteiger partial charge in [-0.2, -0.15) is 0 Å². The van der Waals surface area contributed by atoms with E-state index in [0.29, 0.717) is 11.5 Å². The first kappa shape index (κ1) is 11.2. The summed E-state index contributed by atoms with van der Waals surface area (Å²) in [5.74, 6) is 0. The van der Waals surface area contributed by atoms with E-state index in [1.54, 1.807) is 0 Å². The monoisotopic (exact) mass is 230 g/mol. The lowest BCUT2D eigenvalue weighted by molar-refractivity contribution is 0.227. The second kappa shape index (κ2) is 3.82. The van der Waals surface area contributed by atoms with E-state index in [9.17, 15) is 0 Å². The van der Waals surface area contributed by atoms with E-state index < -0.39 is 0 Å². The van der Waals surface area contributed by atoms with Crippen molar-refractivity contribution in [1.29, 1.82) is 0 Å². The highest BCUT2D eigenvalue weighted by molar-refractivity contribution is 5.41. The molecule has 1 heterocycles. The molecule has 0 radical (unpaired) electrons. The Morgan fingerprint density at radius 1 is 1.24 bits per heavy atom. The first-order chi connectivity index (χ1) is 8.14. The third-order valence-corrected chi connectivity index (χ3v) is 4.54. The number of benzene rings is 1. The van der Waals surface area contributed by atoms with E-state index in [-0.39, 0.29) is 0 Å². The highest BCUT2D eigenvalue weighted by Gasteiger charge is 2.43. The second-order valence-corrected chi connectivity index (χ2v) is 5.97. The smallest absolute Gasteiger partial charge is 0.0243 e. The molecule has 0 bridgehead atoms. The quantitative estimate of drug-likeness (QED) is 0.864. The van der Waals surface area contributed by atoms with Gasteiger partial charge < -0.3 is 5.73 Å². The summed E-state index contributed by atoms with van der Waals surface area (Å²) in [4.78, 5) is 2.52. The first-order valence-corrected chi connectivity index (χ1v) is 6.71. The standard InChI is InChI=1S/C15H22N2/c1-11(2)17-8-12-3-4-14(7-13(12)9-17)15(10-16)5-6-15/h3-4,7,11H,5-6,8-10,16H2,1-2H3. The molecule has 0 atom stereocenters. The Hall–Kier alpha value is -0.860. The molecule has 1 aliphatic heterocycles. The molecule has 1 saturated carbocycles. The molecule has 1 aromatic rings. The molecule has 0 aromatic heterocycles. The van der Waals surface area contributed by atoms with Crippen LogP contribution in [0, 0.1) is 0 Å². The van der Waals surface area contributed by atoms with Gasteiger partial charge in [-0.3, -0.25) is 4.90 Å². The Morgan fingerprint density at radius 3 is 2.53 bits per heavy atom. The molecule has 92 valence electrons. The molecule has 1 aromatic carbocycles. The number of hydrogen-bond acceptors (Lipinski definition) is 2. The predicted molar refractivity (Wildman–Crippen MR) is 70.8 cm³/mol. The fourth-order valence-corrected chi connectivity index (χ4v) is 2.88. The summed E-state index contributed by atoms with van der Waals surface area (Å²) < 4.78 is 0. The van der Waals surface area contributed by atoms with Crippen LogP contribution in [0.3, 0.4) is 0 Å². The number of fused-ring (bicyclic) bond motifs is 1. The van der Waals surface area contributed by atoms with Crippen LogP contribution in [0.25, 0.3) is 0 Å². The average Bonchev–Trinajstić information content (AvgIpc) is 3.00. The van der Waals surface area contributed by atoms with Crippen molar-refractivity contribution in [3.8, 4) is 0 Å². The maximum Gasteiger partial charge on any atom is 0.0243 e. The zero-order valence-corrected chi connectivity index (χ0v) is 10.9. The van der Waals surface area contributed by atoms with Gasteiger partial charge in [0.05, 0.1) is 0 Å². The molecule has 2 aliphatic rings. The molecule has 0 saturated heterocycles. The number of nitrogens with two attached hydrogens (primary N) is 1. The summed E-state index contributed by atoms with van der Waals surface area (Å²) in [5, 5.41) is 0. The average molecular weight is 230 g/mol. The normalized spacial score (nSPS) is 21.9. The minimum atomic E-state index is 0.334. The van der Waals surface area contributed by atoms with Gasteiger partial charge in [-0.05, 0) is 43.4 Å². The summed E-state index contributed by atoms with van der Waals surface area (Å²) in [5.41, 5.74) is 10.8. The Balaban J connectivity index is 1.88. The summed E-state index contributed by atoms with van der Waals surface area (Å²) in [7, 11) is 0. The molecule has 2 heteroatoms. The first-order valence-electron chi connectivity index (χ1n) is 6.71. The Bertz CT molecular complexity index is 433. The van der Waals surface area contributed by atoms with Crippen molar-refractivity contribution in [2.24, 2.45) is 5.73 Å². The number of hydrogen-bond donors (Lipinski definition) is 1. The Labute approximate surface area is 104 Å². The van der Waals surface area contributed by atoms with Crippen LogP contribution in [-0.2, 0) is 18.5 Å². The number of nitrogens with zero attached hydrogens (tertiary/aromatic N) is 1. The molecular weight excluding hydrogens is 208 g/mol. The van der Waals surface area contributed by atoms with Crippen LogP contribution >= 0.6 is 0 Å². The van der Waals surface area contributed by atoms with Crippen molar-refractivity contribution in [1.82, 2.24) is 4.90 Å². The van der Waals surface area contributed by atoms with Crippen molar-refractivity contribution >= 4 is 0 Å². The van der Waals surface area contributed by atoms with Crippen LogP contribution in [0.15, 0.2) is 18.2 Å². The van der Waals surface area contributed by atoms with Gasteiger partial charge in [0.2, 0.25) is 0 Å². The minimum absolute atomic E-state index is 0.334. The topological polar surface area (TPSA) is 29.3 Å². The van der Waals surface area contributed by atoms with Gasteiger partial charge in [0.25, 0.3) is 0 Å². The van der Waals surface area contributed by atoms with E-state index >= 15 is 0 Å². The molecule has 0 amide bonds. The van der Waals surface area contributed by atoms with Crippen molar-refractivity contribution in [3.63, 3.8) is 0 Å². The van der Waals surface area contributed by atoms with Crippen LogP contribution in [0.1, 0.15) is 43.4 Å². The van der Waals surface area contributed by atoms with Gasteiger partial charge in [0.15, 0.2) is 0 Å².